The van der Waals surface area contributed by atoms with Crippen molar-refractivity contribution in [3.05, 3.63) is 54.1 Å². The predicted octanol–water partition coefficient (Wildman–Crippen LogP) is 4.32. The number of hydrogen-bond acceptors (Lipinski definition) is 4. The predicted molar refractivity (Wildman–Crippen MR) is 111 cm³/mol. The summed E-state index contributed by atoms with van der Waals surface area (Å²) in [7, 11) is 0. The van der Waals surface area contributed by atoms with E-state index in [1.54, 1.807) is 24.3 Å². The van der Waals surface area contributed by atoms with Crippen LogP contribution in [0, 0.1) is 0 Å². The van der Waals surface area contributed by atoms with Gasteiger partial charge in [0.05, 0.1) is 0 Å². The molecule has 1 fully saturated rings. The van der Waals surface area contributed by atoms with E-state index in [-0.39, 0.29) is 17.7 Å². The van der Waals surface area contributed by atoms with E-state index < -0.39 is 0 Å². The Labute approximate surface area is 160 Å². The highest BCUT2D eigenvalue weighted by atomic mass is 16.2. The topological polar surface area (TPSA) is 61.4 Å². The van der Waals surface area contributed by atoms with E-state index in [1.165, 1.54) is 31.9 Å². The second-order valence-corrected chi connectivity index (χ2v) is 7.08. The number of piperidine rings is 1. The Kier molecular flexibility index (Phi) is 6.12. The Morgan fingerprint density at radius 3 is 2.07 bits per heavy atom. The number of ketones is 1. The van der Waals surface area contributed by atoms with Gasteiger partial charge in [0.25, 0.3) is 0 Å². The smallest absolute Gasteiger partial charge is 0.246 e. The Morgan fingerprint density at radius 2 is 1.48 bits per heavy atom. The first-order valence-corrected chi connectivity index (χ1v) is 9.56. The molecule has 1 saturated heterocycles. The van der Waals surface area contributed by atoms with Gasteiger partial charge in [-0.1, -0.05) is 0 Å². The highest BCUT2D eigenvalue weighted by Crippen LogP contribution is 2.22. The summed E-state index contributed by atoms with van der Waals surface area (Å²) in [5.41, 5.74) is 3.47. The van der Waals surface area contributed by atoms with Crippen LogP contribution in [0.1, 0.15) is 43.5 Å². The number of benzene rings is 2. The van der Waals surface area contributed by atoms with Crippen LogP contribution in [0.15, 0.2) is 48.5 Å². The van der Waals surface area contributed by atoms with Crippen LogP contribution in [0.25, 0.3) is 0 Å². The van der Waals surface area contributed by atoms with Crippen molar-refractivity contribution < 1.29 is 9.59 Å². The standard InChI is InChI=1S/C22H27N3O2/c1-16(22(27)24-20-8-6-18(7-9-20)17(2)26)23-19-10-12-21(13-11-19)25-14-4-3-5-15-25/h6-13,16,23H,3-5,14-15H2,1-2H3,(H,24,27)/t16-/m0/s1. The number of hydrogen-bond donors (Lipinski definition) is 2. The third-order valence-corrected chi connectivity index (χ3v) is 4.92. The number of rotatable bonds is 6. The molecule has 1 amide bonds. The van der Waals surface area contributed by atoms with Crippen LogP contribution in [0.4, 0.5) is 17.1 Å². The van der Waals surface area contributed by atoms with Crippen molar-refractivity contribution in [2.75, 3.05) is 28.6 Å². The maximum Gasteiger partial charge on any atom is 0.246 e. The largest absolute Gasteiger partial charge is 0.374 e. The Bertz CT molecular complexity index is 778. The van der Waals surface area contributed by atoms with Crippen LogP contribution >= 0.6 is 0 Å². The summed E-state index contributed by atoms with van der Waals surface area (Å²) in [6.07, 6.45) is 3.83. The minimum absolute atomic E-state index is 0.0101. The van der Waals surface area contributed by atoms with E-state index in [4.69, 9.17) is 0 Å². The lowest BCUT2D eigenvalue weighted by molar-refractivity contribution is -0.116. The van der Waals surface area contributed by atoms with E-state index in [0.29, 0.717) is 11.3 Å². The average molecular weight is 365 g/mol. The summed E-state index contributed by atoms with van der Waals surface area (Å²) in [5.74, 6) is -0.110. The van der Waals surface area contributed by atoms with Gasteiger partial charge >= 0.3 is 0 Å². The molecule has 1 aliphatic heterocycles. The van der Waals surface area contributed by atoms with Crippen LogP contribution in [0.2, 0.25) is 0 Å². The second-order valence-electron chi connectivity index (χ2n) is 7.08. The van der Waals surface area contributed by atoms with Crippen LogP contribution < -0.4 is 15.5 Å². The molecule has 27 heavy (non-hydrogen) atoms. The second kappa shape index (κ2) is 8.71. The summed E-state index contributed by atoms with van der Waals surface area (Å²) in [5, 5.41) is 6.11. The number of amides is 1. The third-order valence-electron chi connectivity index (χ3n) is 4.92. The summed E-state index contributed by atoms with van der Waals surface area (Å²) in [6.45, 7) is 5.59. The Morgan fingerprint density at radius 1 is 0.889 bits per heavy atom. The zero-order chi connectivity index (χ0) is 19.2. The minimum Gasteiger partial charge on any atom is -0.374 e. The number of carbonyl (C=O) groups excluding carboxylic acids is 2. The van der Waals surface area contributed by atoms with Gasteiger partial charge in [0.2, 0.25) is 5.91 Å². The van der Waals surface area contributed by atoms with Gasteiger partial charge in [-0.25, -0.2) is 0 Å². The maximum atomic E-state index is 12.4. The van der Waals surface area contributed by atoms with Crippen molar-refractivity contribution in [1.29, 1.82) is 0 Å². The first kappa shape index (κ1) is 19.0. The highest BCUT2D eigenvalue weighted by Gasteiger charge is 2.14. The maximum absolute atomic E-state index is 12.4. The monoisotopic (exact) mass is 365 g/mol. The number of nitrogens with one attached hydrogen (secondary N) is 2. The molecule has 142 valence electrons. The summed E-state index contributed by atoms with van der Waals surface area (Å²) >= 11 is 0. The highest BCUT2D eigenvalue weighted by molar-refractivity contribution is 5.97. The van der Waals surface area contributed by atoms with Crippen molar-refractivity contribution in [3.8, 4) is 0 Å². The molecule has 0 radical (unpaired) electrons. The fourth-order valence-electron chi connectivity index (χ4n) is 3.27. The molecule has 0 aromatic heterocycles. The van der Waals surface area contributed by atoms with E-state index in [1.807, 2.05) is 19.1 Å². The fraction of sp³-hybridized carbons (Fsp3) is 0.364. The van der Waals surface area contributed by atoms with E-state index in [0.717, 1.165) is 18.8 Å². The molecule has 3 rings (SSSR count). The summed E-state index contributed by atoms with van der Waals surface area (Å²) < 4.78 is 0. The number of nitrogens with zero attached hydrogens (tertiary/aromatic N) is 1. The summed E-state index contributed by atoms with van der Waals surface area (Å²) in [6, 6.07) is 14.8. The van der Waals surface area contributed by atoms with Gasteiger partial charge in [0.15, 0.2) is 5.78 Å². The van der Waals surface area contributed by atoms with Crippen LogP contribution in [-0.4, -0.2) is 30.8 Å². The van der Waals surface area contributed by atoms with Crippen molar-refractivity contribution >= 4 is 28.8 Å². The van der Waals surface area contributed by atoms with Gasteiger partial charge in [-0.3, -0.25) is 9.59 Å². The zero-order valence-corrected chi connectivity index (χ0v) is 16.0. The van der Waals surface area contributed by atoms with E-state index in [9.17, 15) is 9.59 Å². The van der Waals surface area contributed by atoms with Gasteiger partial charge in [-0.05, 0) is 81.6 Å². The van der Waals surface area contributed by atoms with Crippen molar-refractivity contribution in [1.82, 2.24) is 0 Å². The fourth-order valence-corrected chi connectivity index (χ4v) is 3.27. The molecule has 0 bridgehead atoms. The molecule has 1 heterocycles. The minimum atomic E-state index is -0.377. The van der Waals surface area contributed by atoms with Crippen LogP contribution in [0.3, 0.4) is 0 Å². The van der Waals surface area contributed by atoms with Crippen molar-refractivity contribution in [2.24, 2.45) is 0 Å². The van der Waals surface area contributed by atoms with Gasteiger partial charge < -0.3 is 15.5 Å². The first-order chi connectivity index (χ1) is 13.0. The molecule has 2 aromatic rings. The first-order valence-electron chi connectivity index (χ1n) is 9.56. The van der Waals surface area contributed by atoms with Crippen LogP contribution in [0.5, 0.6) is 0 Å². The average Bonchev–Trinajstić information content (AvgIpc) is 2.69. The molecule has 0 aliphatic carbocycles. The molecule has 2 N–H and O–H groups in total. The van der Waals surface area contributed by atoms with E-state index >= 15 is 0 Å². The lowest BCUT2D eigenvalue weighted by Crippen LogP contribution is -2.32. The van der Waals surface area contributed by atoms with Gasteiger partial charge in [-0.2, -0.15) is 0 Å². The summed E-state index contributed by atoms with van der Waals surface area (Å²) in [4.78, 5) is 26.1. The molecule has 0 unspecified atom stereocenters. The number of Topliss-reactive ketones (excluding diaryl/α,β-unsaturated/α-hetero) is 1. The van der Waals surface area contributed by atoms with Gasteiger partial charge in [0, 0.05) is 35.7 Å². The quantitative estimate of drug-likeness (QED) is 0.749. The third kappa shape index (κ3) is 5.09. The van der Waals surface area contributed by atoms with Gasteiger partial charge in [-0.15, -0.1) is 0 Å². The molecule has 5 heteroatoms. The van der Waals surface area contributed by atoms with Crippen molar-refractivity contribution in [3.63, 3.8) is 0 Å². The van der Waals surface area contributed by atoms with E-state index in [2.05, 4.69) is 27.7 Å². The number of anilines is 3. The van der Waals surface area contributed by atoms with Gasteiger partial charge in [0.1, 0.15) is 6.04 Å². The lowest BCUT2D eigenvalue weighted by atomic mass is 10.1. The Hall–Kier alpha value is -2.82. The molecule has 1 atom stereocenters. The number of carbonyl (C=O) groups is 2. The van der Waals surface area contributed by atoms with Crippen molar-refractivity contribution in [2.45, 2.75) is 39.2 Å². The molecule has 2 aromatic carbocycles. The van der Waals surface area contributed by atoms with Crippen LogP contribution in [-0.2, 0) is 4.79 Å². The molecular formula is C22H27N3O2. The molecule has 1 aliphatic rings. The molecule has 0 saturated carbocycles. The molecular weight excluding hydrogens is 338 g/mol. The zero-order valence-electron chi connectivity index (χ0n) is 16.0. The molecule has 5 nitrogen and oxygen atoms in total. The lowest BCUT2D eigenvalue weighted by Gasteiger charge is -2.29. The molecule has 0 spiro atoms. The SMILES string of the molecule is CC(=O)c1ccc(NC(=O)[C@H](C)Nc2ccc(N3CCCCC3)cc2)cc1. The Balaban J connectivity index is 1.55. The normalized spacial score (nSPS) is 15.1.